The zero-order chi connectivity index (χ0) is 38.0. The number of nitrogens with one attached hydrogen (secondary N) is 2. The monoisotopic (exact) mass is 744 g/mol. The minimum Gasteiger partial charge on any atom is -0.492 e. The smallest absolute Gasteiger partial charge is 0.163 e. The van der Waals surface area contributed by atoms with E-state index in [-0.39, 0.29) is 24.0 Å². The molecule has 56 heavy (non-hydrogen) atoms. The number of carbonyl (C=O) groups is 2. The largest absolute Gasteiger partial charge is 0.492 e. The predicted octanol–water partition coefficient (Wildman–Crippen LogP) is 7.17. The Morgan fingerprint density at radius 1 is 0.857 bits per heavy atom. The van der Waals surface area contributed by atoms with Crippen molar-refractivity contribution in [1.29, 1.82) is 0 Å². The molecule has 0 saturated heterocycles. The van der Waals surface area contributed by atoms with Gasteiger partial charge in [-0.25, -0.2) is 9.67 Å². The lowest BCUT2D eigenvalue weighted by molar-refractivity contribution is -0.132. The third kappa shape index (κ3) is 6.68. The van der Waals surface area contributed by atoms with Crippen LogP contribution in [0.15, 0.2) is 115 Å². The number of oxime groups is 1. The van der Waals surface area contributed by atoms with Crippen molar-refractivity contribution in [2.45, 2.75) is 38.1 Å². The van der Waals surface area contributed by atoms with Crippen LogP contribution < -0.4 is 15.4 Å². The molecular weight excluding hydrogens is 705 g/mol. The second-order valence-corrected chi connectivity index (χ2v) is 14.2. The number of ether oxygens (including phenoxy) is 1. The van der Waals surface area contributed by atoms with E-state index in [2.05, 4.69) is 50.2 Å². The number of rotatable bonds is 12. The van der Waals surface area contributed by atoms with Gasteiger partial charge in [0.05, 0.1) is 29.4 Å². The normalized spacial score (nSPS) is 16.2. The van der Waals surface area contributed by atoms with Crippen LogP contribution in [-0.2, 0) is 16.0 Å². The fourth-order valence-electron chi connectivity index (χ4n) is 8.05. The first-order valence-electron chi connectivity index (χ1n) is 19.0. The minimum absolute atomic E-state index is 0.0109. The van der Waals surface area contributed by atoms with Crippen molar-refractivity contribution in [2.75, 3.05) is 31.6 Å². The molecule has 1 saturated carbocycles. The van der Waals surface area contributed by atoms with E-state index in [1.165, 1.54) is 5.56 Å². The summed E-state index contributed by atoms with van der Waals surface area (Å²) in [6.07, 6.45) is 9.82. The van der Waals surface area contributed by atoms with E-state index in [0.717, 1.165) is 92.1 Å². The highest BCUT2D eigenvalue weighted by molar-refractivity contribution is 6.14. The van der Waals surface area contributed by atoms with Gasteiger partial charge in [-0.15, -0.1) is 0 Å². The van der Waals surface area contributed by atoms with Gasteiger partial charge in [0.25, 0.3) is 0 Å². The lowest BCUT2D eigenvalue weighted by Crippen LogP contribution is -2.27. The number of Topliss-reactive ketones (excluding diaryl/α,β-unsaturated/α-hetero) is 2. The van der Waals surface area contributed by atoms with Gasteiger partial charge in [-0.05, 0) is 91.1 Å². The molecule has 0 aliphatic heterocycles. The fraction of sp³-hybridized carbons (Fsp3) is 0.227. The molecule has 1 atom stereocenters. The summed E-state index contributed by atoms with van der Waals surface area (Å²) in [4.78, 5) is 33.8. The first-order chi connectivity index (χ1) is 27.6. The molecule has 0 amide bonds. The third-order valence-electron chi connectivity index (χ3n) is 10.8. The highest BCUT2D eigenvalue weighted by Crippen LogP contribution is 2.39. The molecule has 7 aromatic rings. The van der Waals surface area contributed by atoms with Crippen LogP contribution in [0.5, 0.6) is 5.75 Å². The number of nitrogens with zero attached hydrogens (tertiary/aromatic N) is 6. The maximum Gasteiger partial charge on any atom is 0.163 e. The number of anilines is 1. The summed E-state index contributed by atoms with van der Waals surface area (Å²) in [7, 11) is 0. The summed E-state index contributed by atoms with van der Waals surface area (Å²) in [6, 6.07) is 27.8. The SMILES string of the molecule is O=C1CCC(n2c3cccc(NCCNCCOc4ccc(-n5cc(-c6ccc7c(c6)CC/C7=N\O)c(-c6ccncc6)n5)cc4)c3c3cccnc32)C(=O)C1. The van der Waals surface area contributed by atoms with Crippen molar-refractivity contribution in [3.63, 3.8) is 0 Å². The van der Waals surface area contributed by atoms with E-state index in [9.17, 15) is 14.8 Å². The summed E-state index contributed by atoms with van der Waals surface area (Å²) in [5.41, 5.74) is 10.4. The van der Waals surface area contributed by atoms with Crippen molar-refractivity contribution in [1.82, 2.24) is 29.6 Å². The summed E-state index contributed by atoms with van der Waals surface area (Å²) in [6.45, 7) is 2.59. The minimum atomic E-state index is -0.390. The van der Waals surface area contributed by atoms with Crippen LogP contribution in [0.2, 0.25) is 0 Å². The highest BCUT2D eigenvalue weighted by atomic mass is 16.5. The zero-order valence-corrected chi connectivity index (χ0v) is 30.7. The molecule has 12 nitrogen and oxygen atoms in total. The molecule has 1 unspecified atom stereocenters. The molecule has 280 valence electrons. The molecule has 0 spiro atoms. The summed E-state index contributed by atoms with van der Waals surface area (Å²) >= 11 is 0. The maximum atomic E-state index is 13.0. The Hall–Kier alpha value is -6.66. The lowest BCUT2D eigenvalue weighted by Gasteiger charge is -2.23. The molecule has 4 aromatic heterocycles. The Balaban J connectivity index is 0.821. The van der Waals surface area contributed by atoms with Crippen LogP contribution in [0, 0.1) is 0 Å². The molecule has 2 aliphatic rings. The zero-order valence-electron chi connectivity index (χ0n) is 30.7. The van der Waals surface area contributed by atoms with Crippen LogP contribution in [0.1, 0.15) is 42.9 Å². The molecular formula is C44H40N8O4. The van der Waals surface area contributed by atoms with Crippen LogP contribution in [-0.4, -0.2) is 73.0 Å². The third-order valence-corrected chi connectivity index (χ3v) is 10.8. The number of pyridine rings is 2. The van der Waals surface area contributed by atoms with Crippen molar-refractivity contribution in [3.05, 3.63) is 121 Å². The quantitative estimate of drug-likeness (QED) is 0.0513. The standard InChI is InChI=1S/C44H40N8O4/c53-32-10-15-39(41(54)26-32)52-40-5-1-4-38(42(40)35-3-2-18-48-44(35)52)47-22-21-46-23-24-56-33-11-8-31(9-12-33)51-27-36(43(49-51)28-16-19-45-20-17-28)30-6-13-34-29(25-30)7-14-37(34)50-55/h1-6,8-9,11-13,16-20,25,27,39,46-47,55H,7,10,14-15,21-24,26H2/b50-37+. The van der Waals surface area contributed by atoms with Gasteiger partial charge in [-0.1, -0.05) is 29.4 Å². The van der Waals surface area contributed by atoms with Crippen molar-refractivity contribution < 1.29 is 19.5 Å². The first kappa shape index (κ1) is 35.1. The predicted molar refractivity (Wildman–Crippen MR) is 216 cm³/mol. The van der Waals surface area contributed by atoms with Gasteiger partial charge >= 0.3 is 0 Å². The number of aromatic nitrogens is 5. The Kier molecular flexibility index (Phi) is 9.54. The molecule has 1 fully saturated rings. The molecule has 2 aliphatic carbocycles. The molecule has 12 heteroatoms. The lowest BCUT2D eigenvalue weighted by atomic mass is 9.92. The molecule has 4 heterocycles. The summed E-state index contributed by atoms with van der Waals surface area (Å²) < 4.78 is 9.99. The average Bonchev–Trinajstić information content (AvgIpc) is 3.95. The van der Waals surface area contributed by atoms with Crippen molar-refractivity contribution in [2.24, 2.45) is 5.16 Å². The van der Waals surface area contributed by atoms with Crippen LogP contribution >= 0.6 is 0 Å². The van der Waals surface area contributed by atoms with Crippen LogP contribution in [0.25, 0.3) is 50.0 Å². The van der Waals surface area contributed by atoms with Crippen molar-refractivity contribution in [3.8, 4) is 33.8 Å². The molecule has 0 radical (unpaired) electrons. The number of hydrogen-bond donors (Lipinski definition) is 3. The van der Waals surface area contributed by atoms with E-state index in [4.69, 9.17) is 9.84 Å². The topological polar surface area (TPSA) is 149 Å². The Morgan fingerprint density at radius 2 is 1.73 bits per heavy atom. The number of hydrogen-bond acceptors (Lipinski definition) is 10. The van der Waals surface area contributed by atoms with E-state index in [1.807, 2.05) is 76.0 Å². The maximum absolute atomic E-state index is 13.0. The van der Waals surface area contributed by atoms with Gasteiger partial charge in [0.2, 0.25) is 0 Å². The van der Waals surface area contributed by atoms with E-state index in [1.54, 1.807) is 18.6 Å². The Bertz CT molecular complexity index is 2610. The summed E-state index contributed by atoms with van der Waals surface area (Å²) in [5, 5.41) is 26.9. The van der Waals surface area contributed by atoms with Gasteiger partial charge in [0.15, 0.2) is 5.78 Å². The molecule has 3 aromatic carbocycles. The molecule has 3 N–H and O–H groups in total. The number of fused-ring (bicyclic) bond motifs is 4. The second kappa shape index (κ2) is 15.2. The van der Waals surface area contributed by atoms with Gasteiger partial charge in [-0.2, -0.15) is 5.10 Å². The van der Waals surface area contributed by atoms with Gasteiger partial charge in [0, 0.05) is 84.0 Å². The number of aryl methyl sites for hydroxylation is 1. The van der Waals surface area contributed by atoms with Gasteiger partial charge < -0.3 is 25.1 Å². The average molecular weight is 745 g/mol. The van der Waals surface area contributed by atoms with E-state index < -0.39 is 0 Å². The first-order valence-corrected chi connectivity index (χ1v) is 19.0. The number of benzene rings is 3. The van der Waals surface area contributed by atoms with E-state index >= 15 is 0 Å². The van der Waals surface area contributed by atoms with Gasteiger partial charge in [-0.3, -0.25) is 14.6 Å². The second-order valence-electron chi connectivity index (χ2n) is 14.2. The molecule has 0 bridgehead atoms. The summed E-state index contributed by atoms with van der Waals surface area (Å²) in [5.74, 6) is 0.736. The van der Waals surface area contributed by atoms with E-state index in [0.29, 0.717) is 32.5 Å². The van der Waals surface area contributed by atoms with Crippen LogP contribution in [0.4, 0.5) is 5.69 Å². The van der Waals surface area contributed by atoms with Gasteiger partial charge in [0.1, 0.15) is 29.5 Å². The fourth-order valence-corrected chi connectivity index (χ4v) is 8.05. The highest BCUT2D eigenvalue weighted by Gasteiger charge is 2.31. The Morgan fingerprint density at radius 3 is 2.57 bits per heavy atom. The number of carbonyl (C=O) groups excluding carboxylic acids is 2. The molecule has 9 rings (SSSR count). The number of ketones is 2. The van der Waals surface area contributed by atoms with Crippen LogP contribution in [0.3, 0.4) is 0 Å². The Labute approximate surface area is 322 Å². The van der Waals surface area contributed by atoms with Crippen molar-refractivity contribution >= 4 is 44.9 Å².